The number of aryl methyl sites for hydroxylation is 2. The summed E-state index contributed by atoms with van der Waals surface area (Å²) in [4.78, 5) is 15.0. The van der Waals surface area contributed by atoms with Crippen LogP contribution in [0.3, 0.4) is 0 Å². The Hall–Kier alpha value is -2.46. The van der Waals surface area contributed by atoms with Gasteiger partial charge in [-0.1, -0.05) is 29.8 Å². The second kappa shape index (κ2) is 9.78. The summed E-state index contributed by atoms with van der Waals surface area (Å²) < 4.78 is 45.4. The molecule has 8 nitrogen and oxygen atoms in total. The van der Waals surface area contributed by atoms with Gasteiger partial charge in [-0.2, -0.15) is 4.31 Å². The number of carbonyl (C=O) groups excluding carboxylic acids is 1. The van der Waals surface area contributed by atoms with Gasteiger partial charge in [0.2, 0.25) is 10.0 Å². The SMILES string of the molecule is COC1CN(C(=O)c2cc(C)ccc2C)CC1Oc1cccc(CS(=O)(=O)N2CCOC3(CC3)C2)c1. The predicted octanol–water partition coefficient (Wildman–Crippen LogP) is 2.92. The van der Waals surface area contributed by atoms with E-state index in [9.17, 15) is 13.2 Å². The first-order valence-corrected chi connectivity index (χ1v) is 14.1. The number of methoxy groups -OCH3 is 1. The topological polar surface area (TPSA) is 85.4 Å². The second-order valence-electron chi connectivity index (χ2n) is 10.2. The van der Waals surface area contributed by atoms with Gasteiger partial charge in [0.15, 0.2) is 0 Å². The first kappa shape index (κ1) is 25.2. The zero-order chi connectivity index (χ0) is 25.5. The van der Waals surface area contributed by atoms with Crippen LogP contribution in [0.4, 0.5) is 0 Å². The van der Waals surface area contributed by atoms with Gasteiger partial charge in [0.1, 0.15) is 18.0 Å². The standard InChI is InChI=1S/C27H34N2O6S/c1-19-7-8-20(2)23(13-19)26(30)28-15-24(33-3)25(16-28)35-22-6-4-5-21(14-22)17-36(31,32)29-11-12-34-27(18-29)9-10-27/h4-8,13-14,24-25H,9-12,15-18H2,1-3H3. The molecule has 2 unspecified atom stereocenters. The van der Waals surface area contributed by atoms with Gasteiger partial charge >= 0.3 is 0 Å². The average Bonchev–Trinajstić information content (AvgIpc) is 3.46. The van der Waals surface area contributed by atoms with Crippen molar-refractivity contribution in [3.63, 3.8) is 0 Å². The third-order valence-electron chi connectivity index (χ3n) is 7.38. The molecular weight excluding hydrogens is 480 g/mol. The van der Waals surface area contributed by atoms with Gasteiger partial charge in [0.25, 0.3) is 5.91 Å². The summed E-state index contributed by atoms with van der Waals surface area (Å²) in [5, 5.41) is 0. The van der Waals surface area contributed by atoms with E-state index >= 15 is 0 Å². The van der Waals surface area contributed by atoms with E-state index < -0.39 is 10.0 Å². The number of carbonyl (C=O) groups is 1. The lowest BCUT2D eigenvalue weighted by molar-refractivity contribution is -0.0202. The number of sulfonamides is 1. The molecule has 2 atom stereocenters. The largest absolute Gasteiger partial charge is 0.486 e. The number of ether oxygens (including phenoxy) is 3. The Morgan fingerprint density at radius 3 is 2.64 bits per heavy atom. The fraction of sp³-hybridized carbons (Fsp3) is 0.519. The molecule has 5 rings (SSSR count). The lowest BCUT2D eigenvalue weighted by Gasteiger charge is -2.32. The van der Waals surface area contributed by atoms with Gasteiger partial charge in [-0.3, -0.25) is 4.79 Å². The van der Waals surface area contributed by atoms with Crippen molar-refractivity contribution in [3.8, 4) is 5.75 Å². The van der Waals surface area contributed by atoms with Crippen LogP contribution in [-0.2, 0) is 25.2 Å². The molecule has 1 spiro atoms. The van der Waals surface area contributed by atoms with E-state index in [2.05, 4.69) is 0 Å². The molecule has 2 aromatic carbocycles. The Kier molecular flexibility index (Phi) is 6.84. The van der Waals surface area contributed by atoms with Crippen LogP contribution in [0, 0.1) is 13.8 Å². The Labute approximate surface area is 213 Å². The zero-order valence-electron chi connectivity index (χ0n) is 21.1. The van der Waals surface area contributed by atoms with Gasteiger partial charge in [-0.15, -0.1) is 0 Å². The van der Waals surface area contributed by atoms with Crippen molar-refractivity contribution in [2.75, 3.05) is 39.9 Å². The molecule has 194 valence electrons. The van der Waals surface area contributed by atoms with E-state index in [0.29, 0.717) is 49.7 Å². The smallest absolute Gasteiger partial charge is 0.254 e. The molecule has 9 heteroatoms. The second-order valence-corrected chi connectivity index (χ2v) is 12.2. The monoisotopic (exact) mass is 514 g/mol. The van der Waals surface area contributed by atoms with Crippen molar-refractivity contribution < 1.29 is 27.4 Å². The quantitative estimate of drug-likeness (QED) is 0.565. The Balaban J connectivity index is 1.26. The minimum absolute atomic E-state index is 0.0388. The van der Waals surface area contributed by atoms with Crippen molar-refractivity contribution in [2.24, 2.45) is 0 Å². The molecule has 2 aliphatic heterocycles. The van der Waals surface area contributed by atoms with Gasteiger partial charge in [-0.05, 0) is 56.0 Å². The molecule has 0 N–H and O–H groups in total. The summed E-state index contributed by atoms with van der Waals surface area (Å²) in [5.41, 5.74) is 3.07. The molecule has 1 amide bonds. The number of hydrogen-bond acceptors (Lipinski definition) is 6. The average molecular weight is 515 g/mol. The Bertz CT molecular complexity index is 1240. The molecule has 2 saturated heterocycles. The molecule has 2 heterocycles. The van der Waals surface area contributed by atoms with E-state index in [0.717, 1.165) is 24.0 Å². The van der Waals surface area contributed by atoms with Crippen molar-refractivity contribution in [3.05, 3.63) is 64.7 Å². The maximum absolute atomic E-state index is 13.2. The maximum Gasteiger partial charge on any atom is 0.254 e. The molecule has 1 saturated carbocycles. The van der Waals surface area contributed by atoms with Gasteiger partial charge in [-0.25, -0.2) is 8.42 Å². The summed E-state index contributed by atoms with van der Waals surface area (Å²) in [6.07, 6.45) is 1.21. The molecule has 3 aliphatic rings. The lowest BCUT2D eigenvalue weighted by atomic mass is 10.0. The number of rotatable bonds is 7. The Morgan fingerprint density at radius 1 is 1.11 bits per heavy atom. The molecule has 0 bridgehead atoms. The highest BCUT2D eigenvalue weighted by atomic mass is 32.2. The number of nitrogens with zero attached hydrogens (tertiary/aromatic N) is 2. The summed E-state index contributed by atoms with van der Waals surface area (Å²) in [6.45, 7) is 6.00. The van der Waals surface area contributed by atoms with Crippen molar-refractivity contribution in [1.29, 1.82) is 0 Å². The third kappa shape index (κ3) is 5.29. The van der Waals surface area contributed by atoms with Crippen LogP contribution in [-0.4, -0.2) is 81.2 Å². The maximum atomic E-state index is 13.2. The van der Waals surface area contributed by atoms with Crippen LogP contribution in [0.15, 0.2) is 42.5 Å². The molecular formula is C27H34N2O6S. The highest BCUT2D eigenvalue weighted by Gasteiger charge is 2.49. The van der Waals surface area contributed by atoms with Gasteiger partial charge < -0.3 is 19.1 Å². The molecule has 0 radical (unpaired) electrons. The van der Waals surface area contributed by atoms with Crippen molar-refractivity contribution >= 4 is 15.9 Å². The van der Waals surface area contributed by atoms with Crippen LogP contribution in [0.1, 0.15) is 39.9 Å². The highest BCUT2D eigenvalue weighted by Crippen LogP contribution is 2.42. The van der Waals surface area contributed by atoms with Crippen molar-refractivity contribution in [1.82, 2.24) is 9.21 Å². The van der Waals surface area contributed by atoms with Crippen LogP contribution in [0.2, 0.25) is 0 Å². The molecule has 2 aromatic rings. The predicted molar refractivity (Wildman–Crippen MR) is 136 cm³/mol. The minimum Gasteiger partial charge on any atom is -0.486 e. The summed E-state index contributed by atoms with van der Waals surface area (Å²) in [7, 11) is -1.85. The highest BCUT2D eigenvalue weighted by molar-refractivity contribution is 7.88. The summed E-state index contributed by atoms with van der Waals surface area (Å²) in [6, 6.07) is 13.1. The van der Waals surface area contributed by atoms with E-state index in [1.54, 1.807) is 34.5 Å². The van der Waals surface area contributed by atoms with Crippen LogP contribution in [0.25, 0.3) is 0 Å². The van der Waals surface area contributed by atoms with Crippen LogP contribution in [0.5, 0.6) is 5.75 Å². The Morgan fingerprint density at radius 2 is 1.89 bits per heavy atom. The number of likely N-dealkylation sites (tertiary alicyclic amines) is 1. The van der Waals surface area contributed by atoms with E-state index in [4.69, 9.17) is 14.2 Å². The first-order chi connectivity index (χ1) is 17.2. The molecule has 36 heavy (non-hydrogen) atoms. The first-order valence-electron chi connectivity index (χ1n) is 12.4. The van der Waals surface area contributed by atoms with Crippen LogP contribution >= 0.6 is 0 Å². The molecule has 1 aliphatic carbocycles. The third-order valence-corrected chi connectivity index (χ3v) is 9.17. The number of benzene rings is 2. The fourth-order valence-corrected chi connectivity index (χ4v) is 6.63. The number of morpholine rings is 1. The fourth-order valence-electron chi connectivity index (χ4n) is 5.06. The molecule has 0 aromatic heterocycles. The minimum atomic E-state index is -3.46. The van der Waals surface area contributed by atoms with Crippen molar-refractivity contribution in [2.45, 2.75) is 50.3 Å². The zero-order valence-corrected chi connectivity index (χ0v) is 21.9. The normalized spacial score (nSPS) is 23.7. The lowest BCUT2D eigenvalue weighted by Crippen LogP contribution is -2.47. The van der Waals surface area contributed by atoms with Gasteiger partial charge in [0, 0.05) is 25.8 Å². The number of hydrogen-bond donors (Lipinski definition) is 0. The summed E-state index contributed by atoms with van der Waals surface area (Å²) in [5.74, 6) is 0.440. The van der Waals surface area contributed by atoms with E-state index in [-0.39, 0.29) is 29.5 Å². The van der Waals surface area contributed by atoms with Crippen LogP contribution < -0.4 is 4.74 Å². The summed E-state index contributed by atoms with van der Waals surface area (Å²) >= 11 is 0. The molecule has 3 fully saturated rings. The van der Waals surface area contributed by atoms with E-state index in [1.165, 1.54) is 0 Å². The van der Waals surface area contributed by atoms with Gasteiger partial charge in [0.05, 0.1) is 31.1 Å². The van der Waals surface area contributed by atoms with E-state index in [1.807, 2.05) is 38.1 Å². The number of amides is 1.